The van der Waals surface area contributed by atoms with Crippen LogP contribution in [0.25, 0.3) is 5.76 Å². The zero-order chi connectivity index (χ0) is 27.8. The van der Waals surface area contributed by atoms with E-state index in [1.54, 1.807) is 43.3 Å². The third-order valence-corrected chi connectivity index (χ3v) is 6.13. The average Bonchev–Trinajstić information content (AvgIpc) is 3.13. The fourth-order valence-corrected chi connectivity index (χ4v) is 4.64. The highest BCUT2D eigenvalue weighted by molar-refractivity contribution is 6.51. The molecule has 3 aromatic carbocycles. The summed E-state index contributed by atoms with van der Waals surface area (Å²) in [5.41, 5.74) is 0.988. The number of amides is 1. The Morgan fingerprint density at radius 1 is 0.974 bits per heavy atom. The maximum absolute atomic E-state index is 13.4. The number of benzene rings is 3. The number of aliphatic hydroxyl groups excluding tert-OH is 1. The van der Waals surface area contributed by atoms with E-state index < -0.39 is 35.6 Å². The number of ether oxygens (including phenoxy) is 3. The zero-order valence-electron chi connectivity index (χ0n) is 20.3. The van der Waals surface area contributed by atoms with Crippen LogP contribution in [0.4, 0.5) is 18.9 Å². The first-order valence-electron chi connectivity index (χ1n) is 11.1. The zero-order valence-corrected chi connectivity index (χ0v) is 21.1. The molecule has 1 heterocycles. The molecule has 0 spiro atoms. The van der Waals surface area contributed by atoms with Gasteiger partial charge in [-0.15, -0.1) is 13.2 Å². The summed E-state index contributed by atoms with van der Waals surface area (Å²) in [6.07, 6.45) is -4.90. The Kier molecular flexibility index (Phi) is 7.28. The Labute approximate surface area is 220 Å². The minimum absolute atomic E-state index is 0.0947. The summed E-state index contributed by atoms with van der Waals surface area (Å²) in [5, 5.41) is 11.6. The van der Waals surface area contributed by atoms with Crippen molar-refractivity contribution in [1.29, 1.82) is 0 Å². The first-order chi connectivity index (χ1) is 17.9. The summed E-state index contributed by atoms with van der Waals surface area (Å²) in [7, 11) is 2.78. The second kappa shape index (κ2) is 10.3. The van der Waals surface area contributed by atoms with Crippen LogP contribution in [0.3, 0.4) is 0 Å². The molecule has 1 aliphatic rings. The Bertz CT molecular complexity index is 1440. The number of rotatable bonds is 6. The molecule has 1 fully saturated rings. The highest BCUT2D eigenvalue weighted by Gasteiger charge is 2.47. The summed E-state index contributed by atoms with van der Waals surface area (Å²) in [6.45, 7) is 1.73. The van der Waals surface area contributed by atoms with Crippen LogP contribution < -0.4 is 19.1 Å². The number of methoxy groups -OCH3 is 2. The van der Waals surface area contributed by atoms with Crippen LogP contribution in [0, 0.1) is 6.92 Å². The van der Waals surface area contributed by atoms with E-state index in [2.05, 4.69) is 4.74 Å². The maximum atomic E-state index is 13.4. The molecule has 1 amide bonds. The summed E-state index contributed by atoms with van der Waals surface area (Å²) in [4.78, 5) is 27.8. The fraction of sp³-hybridized carbons (Fsp3) is 0.185. The topological polar surface area (TPSA) is 85.3 Å². The summed E-state index contributed by atoms with van der Waals surface area (Å²) in [6, 6.07) is 13.0. The predicted molar refractivity (Wildman–Crippen MR) is 134 cm³/mol. The van der Waals surface area contributed by atoms with Crippen LogP contribution in [-0.4, -0.2) is 37.4 Å². The number of alkyl halides is 3. The van der Waals surface area contributed by atoms with Gasteiger partial charge in [-0.2, -0.15) is 0 Å². The molecule has 38 heavy (non-hydrogen) atoms. The van der Waals surface area contributed by atoms with E-state index in [4.69, 9.17) is 21.1 Å². The lowest BCUT2D eigenvalue weighted by Crippen LogP contribution is -2.29. The molecule has 4 rings (SSSR count). The van der Waals surface area contributed by atoms with Gasteiger partial charge in [-0.25, -0.2) is 0 Å². The Morgan fingerprint density at radius 3 is 2.26 bits per heavy atom. The number of carbonyl (C=O) groups is 2. The van der Waals surface area contributed by atoms with Gasteiger partial charge in [0.1, 0.15) is 23.0 Å². The Morgan fingerprint density at radius 2 is 1.66 bits per heavy atom. The van der Waals surface area contributed by atoms with Crippen molar-refractivity contribution in [3.05, 3.63) is 87.9 Å². The van der Waals surface area contributed by atoms with E-state index in [1.807, 2.05) is 0 Å². The van der Waals surface area contributed by atoms with E-state index in [-0.39, 0.29) is 27.6 Å². The Balaban J connectivity index is 1.94. The molecule has 1 aliphatic heterocycles. The number of halogens is 4. The summed E-state index contributed by atoms with van der Waals surface area (Å²) >= 11 is 6.30. The number of ketones is 1. The number of Topliss-reactive ketones (excluding diaryl/α,β-unsaturated/α-hetero) is 1. The summed E-state index contributed by atoms with van der Waals surface area (Å²) < 4.78 is 52.5. The first-order valence-corrected chi connectivity index (χ1v) is 11.5. The highest BCUT2D eigenvalue weighted by Crippen LogP contribution is 2.45. The van der Waals surface area contributed by atoms with Gasteiger partial charge >= 0.3 is 6.36 Å². The molecule has 1 atom stereocenters. The number of nitrogens with zero attached hydrogens (tertiary/aromatic N) is 1. The second-order valence-corrected chi connectivity index (χ2v) is 8.72. The summed E-state index contributed by atoms with van der Waals surface area (Å²) in [5.74, 6) is -2.53. The fourth-order valence-electron chi connectivity index (χ4n) is 4.29. The van der Waals surface area contributed by atoms with Gasteiger partial charge in [-0.1, -0.05) is 23.7 Å². The van der Waals surface area contributed by atoms with Crippen molar-refractivity contribution in [2.45, 2.75) is 19.3 Å². The molecule has 1 N–H and O–H groups in total. The molecule has 3 aromatic rings. The molecule has 0 aromatic heterocycles. The molecule has 7 nitrogen and oxygen atoms in total. The Hall–Kier alpha value is -4.18. The quantitative estimate of drug-likeness (QED) is 0.225. The monoisotopic (exact) mass is 547 g/mol. The van der Waals surface area contributed by atoms with Gasteiger partial charge in [0, 0.05) is 5.69 Å². The number of aryl methyl sites for hydroxylation is 1. The molecule has 0 aliphatic carbocycles. The lowest BCUT2D eigenvalue weighted by molar-refractivity contribution is -0.274. The number of anilines is 1. The number of hydrogen-bond donors (Lipinski definition) is 1. The van der Waals surface area contributed by atoms with Crippen molar-refractivity contribution < 1.29 is 42.1 Å². The van der Waals surface area contributed by atoms with Crippen LogP contribution in [0.5, 0.6) is 17.2 Å². The number of carbonyl (C=O) groups excluding carboxylic acids is 2. The third-order valence-electron chi connectivity index (χ3n) is 5.85. The average molecular weight is 548 g/mol. The van der Waals surface area contributed by atoms with Crippen LogP contribution in [-0.2, 0) is 9.59 Å². The predicted octanol–water partition coefficient (Wildman–Crippen LogP) is 6.19. The van der Waals surface area contributed by atoms with Crippen molar-refractivity contribution in [2.24, 2.45) is 0 Å². The van der Waals surface area contributed by atoms with Crippen LogP contribution in [0.2, 0.25) is 5.02 Å². The molecule has 11 heteroatoms. The largest absolute Gasteiger partial charge is 0.573 e. The van der Waals surface area contributed by atoms with Crippen molar-refractivity contribution in [3.8, 4) is 17.2 Å². The molecule has 198 valence electrons. The van der Waals surface area contributed by atoms with Gasteiger partial charge < -0.3 is 19.3 Å². The van der Waals surface area contributed by atoms with E-state index >= 15 is 0 Å². The van der Waals surface area contributed by atoms with Crippen molar-refractivity contribution >= 4 is 34.7 Å². The minimum atomic E-state index is -4.90. The van der Waals surface area contributed by atoms with Gasteiger partial charge in [-0.3, -0.25) is 14.5 Å². The van der Waals surface area contributed by atoms with Crippen molar-refractivity contribution in [1.82, 2.24) is 0 Å². The number of aliphatic hydroxyl groups is 1. The van der Waals surface area contributed by atoms with Crippen molar-refractivity contribution in [3.63, 3.8) is 0 Å². The standard InChI is InChI=1S/C27H21ClF3NO6/c1-14-11-19(25(37-3)20(28)12-14)23(33)21-22(15-5-4-6-18(13-15)36-2)32(26(35)24(21)34)16-7-9-17(10-8-16)38-27(29,30)31/h4-13,22,33H,1-3H3/b23-21+. The lowest BCUT2D eigenvalue weighted by atomic mass is 9.94. The van der Waals surface area contributed by atoms with Crippen molar-refractivity contribution in [2.75, 3.05) is 19.1 Å². The maximum Gasteiger partial charge on any atom is 0.573 e. The van der Waals surface area contributed by atoms with Gasteiger partial charge in [0.2, 0.25) is 0 Å². The molecular weight excluding hydrogens is 527 g/mol. The van der Waals surface area contributed by atoms with E-state index in [0.717, 1.165) is 17.0 Å². The van der Waals surface area contributed by atoms with E-state index in [9.17, 15) is 27.9 Å². The molecule has 0 bridgehead atoms. The molecule has 0 saturated carbocycles. The molecule has 1 saturated heterocycles. The molecule has 0 radical (unpaired) electrons. The van der Waals surface area contributed by atoms with Gasteiger partial charge in [0.05, 0.1) is 36.4 Å². The normalized spacial score (nSPS) is 17.0. The van der Waals surface area contributed by atoms with Gasteiger partial charge in [-0.05, 0) is 66.6 Å². The van der Waals surface area contributed by atoms with Crippen LogP contribution in [0.15, 0.2) is 66.2 Å². The molecule has 1 unspecified atom stereocenters. The second-order valence-electron chi connectivity index (χ2n) is 8.31. The first kappa shape index (κ1) is 26.9. The molecular formula is C27H21ClF3NO6. The highest BCUT2D eigenvalue weighted by atomic mass is 35.5. The van der Waals surface area contributed by atoms with E-state index in [1.165, 1.54) is 26.4 Å². The minimum Gasteiger partial charge on any atom is -0.507 e. The third kappa shape index (κ3) is 5.12. The van der Waals surface area contributed by atoms with E-state index in [0.29, 0.717) is 16.9 Å². The van der Waals surface area contributed by atoms with Crippen LogP contribution >= 0.6 is 11.6 Å². The van der Waals surface area contributed by atoms with Crippen LogP contribution in [0.1, 0.15) is 22.7 Å². The number of hydrogen-bond acceptors (Lipinski definition) is 6. The smallest absolute Gasteiger partial charge is 0.507 e. The lowest BCUT2D eigenvalue weighted by Gasteiger charge is -2.26. The SMILES string of the molecule is COc1cccc(C2/C(=C(\O)c3cc(C)cc(Cl)c3OC)C(=O)C(=O)N2c2ccc(OC(F)(F)F)cc2)c1. The van der Waals surface area contributed by atoms with Gasteiger partial charge in [0.15, 0.2) is 0 Å². The van der Waals surface area contributed by atoms with Gasteiger partial charge in [0.25, 0.3) is 11.7 Å².